The van der Waals surface area contributed by atoms with Crippen molar-refractivity contribution in [3.05, 3.63) is 36.5 Å². The molecular formula is C44H84N2O6P2S2-2. The van der Waals surface area contributed by atoms with E-state index in [1.165, 1.54) is 84.0 Å². The van der Waals surface area contributed by atoms with Gasteiger partial charge < -0.3 is 41.4 Å². The zero-order valence-corrected chi connectivity index (χ0v) is 39.7. The van der Waals surface area contributed by atoms with Crippen LogP contribution in [0.3, 0.4) is 0 Å². The minimum Gasteiger partial charge on any atom is -0.801 e. The van der Waals surface area contributed by atoms with Crippen LogP contribution >= 0.6 is 13.1 Å². The van der Waals surface area contributed by atoms with Crippen LogP contribution in [0.2, 0.25) is 0 Å². The third kappa shape index (κ3) is 55.4. The maximum atomic E-state index is 11.8. The topological polar surface area (TPSA) is 117 Å². The molecule has 0 rings (SSSR count). The molecule has 0 aromatic carbocycles. The molecule has 2 atom stereocenters. The molecule has 330 valence electrons. The normalized spacial score (nSPS) is 13.8. The van der Waals surface area contributed by atoms with Crippen molar-refractivity contribution in [3.63, 3.8) is 0 Å². The van der Waals surface area contributed by atoms with Crippen molar-refractivity contribution in [2.24, 2.45) is 0 Å². The number of carbonyl (C=O) groups is 2. The lowest BCUT2D eigenvalue weighted by Gasteiger charge is -2.22. The summed E-state index contributed by atoms with van der Waals surface area (Å²) in [6.07, 6.45) is 44.2. The number of hydrogen-bond donors (Lipinski definition) is 2. The van der Waals surface area contributed by atoms with Gasteiger partial charge in [-0.2, -0.15) is 0 Å². The molecule has 12 heteroatoms. The number of carbonyl (C=O) groups excluding carboxylic acids is 2. The van der Waals surface area contributed by atoms with Gasteiger partial charge in [0.25, 0.3) is 0 Å². The quantitative estimate of drug-likeness (QED) is 0.0272. The molecule has 2 unspecified atom stereocenters. The molecule has 0 aliphatic carbocycles. The Kier molecular flexibility index (Phi) is 44.9. The Morgan fingerprint density at radius 3 is 1.43 bits per heavy atom. The molecule has 8 nitrogen and oxygen atoms in total. The molecule has 0 aliphatic rings. The number of rotatable bonds is 39. The van der Waals surface area contributed by atoms with E-state index in [9.17, 15) is 19.0 Å². The number of unbranched alkanes of at least 4 members (excludes halogenated alkanes) is 19. The van der Waals surface area contributed by atoms with E-state index in [0.717, 1.165) is 109 Å². The molecule has 0 heterocycles. The molecule has 0 aromatic heterocycles. The van der Waals surface area contributed by atoms with Crippen LogP contribution in [0.1, 0.15) is 194 Å². The Morgan fingerprint density at radius 2 is 0.964 bits per heavy atom. The van der Waals surface area contributed by atoms with Crippen LogP contribution in [0.5, 0.6) is 0 Å². The van der Waals surface area contributed by atoms with Gasteiger partial charge in [-0.3, -0.25) is 9.59 Å². The van der Waals surface area contributed by atoms with E-state index in [1.54, 1.807) is 0 Å². The SMILES string of the molecule is CC/C=C\C/C=C\C/C=C\CCCCCCCC(=O)NCCCCCCOP(C)([O-])=S.CCCCCCCCCCCC(=O)NCCCCCCOP(C)(=O)[S-]. The van der Waals surface area contributed by atoms with Gasteiger partial charge in [0.2, 0.25) is 11.8 Å². The van der Waals surface area contributed by atoms with Crippen molar-refractivity contribution < 1.29 is 28.1 Å². The summed E-state index contributed by atoms with van der Waals surface area (Å²) in [5.41, 5.74) is 0. The molecule has 0 bridgehead atoms. The second-order valence-corrected chi connectivity index (χ2v) is 22.5. The standard InChI is InChI=1S/C25H46NO3PS.C19H40NO3PS/c1-3-4-5-6-7-8-9-10-11-12-13-14-15-16-19-22-25(27)26-23-20-17-18-21-24-29-30(2,28)31;1-3-4-5-6-7-8-9-10-13-16-19(21)20-17-14-11-12-15-18-23-24(2,22)25/h4-5,7-8,10-11H,3,6,9,12-24H2,1-2H3,(H,26,27)(H,28,31);3-18H2,1-2H3,(H,20,21)(H,22,25)/p-2/b5-4-,8-7-,11-10-;. The Morgan fingerprint density at radius 1 is 0.571 bits per heavy atom. The van der Waals surface area contributed by atoms with Crippen LogP contribution in [0.25, 0.3) is 0 Å². The molecule has 0 fully saturated rings. The van der Waals surface area contributed by atoms with Crippen LogP contribution in [-0.4, -0.2) is 51.4 Å². The Hall–Kier alpha value is -0.730. The zero-order chi connectivity index (χ0) is 41.9. The van der Waals surface area contributed by atoms with Crippen LogP contribution in [0.15, 0.2) is 36.5 Å². The number of nitrogens with one attached hydrogen (secondary N) is 2. The minimum absolute atomic E-state index is 0.169. The first-order valence-electron chi connectivity index (χ1n) is 22.3. The van der Waals surface area contributed by atoms with Gasteiger partial charge in [0.05, 0.1) is 19.8 Å². The fourth-order valence-corrected chi connectivity index (χ4v) is 7.12. The van der Waals surface area contributed by atoms with Gasteiger partial charge in [0.1, 0.15) is 0 Å². The van der Waals surface area contributed by atoms with Crippen LogP contribution < -0.4 is 15.5 Å². The summed E-state index contributed by atoms with van der Waals surface area (Å²) in [7, 11) is 0. The molecule has 0 aliphatic heterocycles. The maximum absolute atomic E-state index is 11.8. The smallest absolute Gasteiger partial charge is 0.219 e. The predicted molar refractivity (Wildman–Crippen MR) is 247 cm³/mol. The fourth-order valence-electron chi connectivity index (χ4n) is 5.76. The first-order chi connectivity index (χ1) is 26.9. The highest BCUT2D eigenvalue weighted by Gasteiger charge is 2.03. The summed E-state index contributed by atoms with van der Waals surface area (Å²) in [6.45, 7) is 4.27. The highest BCUT2D eigenvalue weighted by molar-refractivity contribution is 8.34. The summed E-state index contributed by atoms with van der Waals surface area (Å²) in [5.74, 6) is 0.354. The van der Waals surface area contributed by atoms with Gasteiger partial charge >= 0.3 is 0 Å². The van der Waals surface area contributed by atoms with E-state index in [1.807, 2.05) is 0 Å². The number of hydrogen-bond acceptors (Lipinski definition) is 8. The van der Waals surface area contributed by atoms with Gasteiger partial charge in [0, 0.05) is 25.9 Å². The number of allylic oxidation sites excluding steroid dienone is 6. The highest BCUT2D eigenvalue weighted by atomic mass is 32.7. The molecular weight excluding hydrogens is 779 g/mol. The van der Waals surface area contributed by atoms with E-state index in [4.69, 9.17) is 33.1 Å². The Bertz CT molecular complexity index is 1080. The summed E-state index contributed by atoms with van der Waals surface area (Å²) >= 11 is 9.41. The largest absolute Gasteiger partial charge is 0.801 e. The summed E-state index contributed by atoms with van der Waals surface area (Å²) in [6, 6.07) is 0. The highest BCUT2D eigenvalue weighted by Crippen LogP contribution is 2.39. The van der Waals surface area contributed by atoms with Crippen molar-refractivity contribution in [1.29, 1.82) is 0 Å². The monoisotopic (exact) mass is 863 g/mol. The van der Waals surface area contributed by atoms with E-state index < -0.39 is 13.1 Å². The van der Waals surface area contributed by atoms with Crippen molar-refractivity contribution in [2.75, 3.05) is 39.6 Å². The second kappa shape index (κ2) is 43.8. The average molecular weight is 863 g/mol. The van der Waals surface area contributed by atoms with E-state index in [-0.39, 0.29) is 11.8 Å². The summed E-state index contributed by atoms with van der Waals surface area (Å²) in [4.78, 5) is 34.8. The van der Waals surface area contributed by atoms with Gasteiger partial charge in [-0.25, -0.2) is 0 Å². The molecule has 0 aromatic rings. The molecule has 0 spiro atoms. The van der Waals surface area contributed by atoms with Gasteiger partial charge in [-0.1, -0.05) is 158 Å². The maximum Gasteiger partial charge on any atom is 0.219 e. The molecule has 56 heavy (non-hydrogen) atoms. The Labute approximate surface area is 355 Å². The third-order valence-corrected chi connectivity index (χ3v) is 10.9. The summed E-state index contributed by atoms with van der Waals surface area (Å²) < 4.78 is 21.3. The van der Waals surface area contributed by atoms with Gasteiger partial charge in [-0.05, 0) is 90.5 Å². The van der Waals surface area contributed by atoms with Crippen molar-refractivity contribution >= 4 is 48.9 Å². The van der Waals surface area contributed by atoms with Gasteiger partial charge in [0.15, 0.2) is 0 Å². The second-order valence-electron chi connectivity index (χ2n) is 14.9. The van der Waals surface area contributed by atoms with E-state index in [2.05, 4.69) is 60.9 Å². The first-order valence-corrected chi connectivity index (χ1v) is 28.4. The lowest BCUT2D eigenvalue weighted by molar-refractivity contribution is -0.180. The Balaban J connectivity index is 0. The lowest BCUT2D eigenvalue weighted by atomic mass is 10.1. The van der Waals surface area contributed by atoms with Crippen LogP contribution in [0.4, 0.5) is 0 Å². The molecule has 2 N–H and O–H groups in total. The number of amides is 2. The average Bonchev–Trinajstić information content (AvgIpc) is 3.14. The predicted octanol–water partition coefficient (Wildman–Crippen LogP) is 12.5. The van der Waals surface area contributed by atoms with Crippen molar-refractivity contribution in [2.45, 2.75) is 194 Å². The molecule has 0 radical (unpaired) electrons. The van der Waals surface area contributed by atoms with E-state index in [0.29, 0.717) is 26.1 Å². The van der Waals surface area contributed by atoms with Crippen molar-refractivity contribution in [3.8, 4) is 0 Å². The van der Waals surface area contributed by atoms with Gasteiger partial charge in [-0.15, -0.1) is 0 Å². The molecule has 0 saturated carbocycles. The van der Waals surface area contributed by atoms with Crippen molar-refractivity contribution in [1.82, 2.24) is 10.6 Å². The minimum atomic E-state index is -2.75. The third-order valence-electron chi connectivity index (χ3n) is 9.00. The molecule has 0 saturated heterocycles. The van der Waals surface area contributed by atoms with Crippen LogP contribution in [0, 0.1) is 0 Å². The van der Waals surface area contributed by atoms with E-state index >= 15 is 0 Å². The zero-order valence-electron chi connectivity index (χ0n) is 36.3. The molecule has 2 amide bonds. The van der Waals surface area contributed by atoms with Crippen LogP contribution in [-0.2, 0) is 47.3 Å². The fraction of sp³-hybridized carbons (Fsp3) is 0.818. The summed E-state index contributed by atoms with van der Waals surface area (Å²) in [5, 5.41) is 5.99. The lowest BCUT2D eigenvalue weighted by Crippen LogP contribution is -2.23. The first kappa shape index (κ1) is 57.4.